The van der Waals surface area contributed by atoms with Crippen LogP contribution in [0.2, 0.25) is 0 Å². The first kappa shape index (κ1) is 12.8. The summed E-state index contributed by atoms with van der Waals surface area (Å²) in [6.07, 6.45) is 1.47. The van der Waals surface area contributed by atoms with Gasteiger partial charge in [0.2, 0.25) is 0 Å². The fraction of sp³-hybridized carbons (Fsp3) is 1.00. The minimum Gasteiger partial charge on any atom is -0.396 e. The summed E-state index contributed by atoms with van der Waals surface area (Å²) in [5.41, 5.74) is 5.25. The van der Waals surface area contributed by atoms with Gasteiger partial charge in [-0.2, -0.15) is 0 Å². The predicted octanol–water partition coefficient (Wildman–Crippen LogP) is 0.139. The number of nitrogens with two attached hydrogens (primary N) is 1. The van der Waals surface area contributed by atoms with Gasteiger partial charge in [0.25, 0.3) is 0 Å². The maximum absolute atomic E-state index is 8.60. The van der Waals surface area contributed by atoms with Crippen LogP contribution in [0.1, 0.15) is 19.8 Å². The predicted molar refractivity (Wildman–Crippen MR) is 51.6 cm³/mol. The molecule has 0 radical (unpaired) electrons. The SMILES string of the molecule is CCC(CN)(COC)OCCCO. The molecular formula is C9H21NO3. The van der Waals surface area contributed by atoms with Crippen LogP contribution in [0.25, 0.3) is 0 Å². The number of aliphatic hydroxyl groups is 1. The van der Waals surface area contributed by atoms with Crippen LogP contribution in [0.3, 0.4) is 0 Å². The molecule has 0 aliphatic heterocycles. The molecule has 13 heavy (non-hydrogen) atoms. The van der Waals surface area contributed by atoms with Gasteiger partial charge in [-0.05, 0) is 12.8 Å². The molecule has 1 atom stereocenters. The van der Waals surface area contributed by atoms with Gasteiger partial charge in [0.15, 0.2) is 0 Å². The molecule has 0 saturated heterocycles. The van der Waals surface area contributed by atoms with Crippen molar-refractivity contribution in [3.05, 3.63) is 0 Å². The molecule has 0 aromatic rings. The number of ether oxygens (including phenoxy) is 2. The van der Waals surface area contributed by atoms with Crippen molar-refractivity contribution in [3.63, 3.8) is 0 Å². The molecule has 0 spiro atoms. The Labute approximate surface area is 80.0 Å². The van der Waals surface area contributed by atoms with Crippen molar-refractivity contribution < 1.29 is 14.6 Å². The molecule has 0 heterocycles. The van der Waals surface area contributed by atoms with Gasteiger partial charge in [-0.1, -0.05) is 6.92 Å². The second-order valence-electron chi connectivity index (χ2n) is 3.10. The van der Waals surface area contributed by atoms with E-state index in [0.29, 0.717) is 26.2 Å². The second-order valence-corrected chi connectivity index (χ2v) is 3.10. The van der Waals surface area contributed by atoms with Crippen molar-refractivity contribution in [2.24, 2.45) is 5.73 Å². The average molecular weight is 191 g/mol. The Morgan fingerprint density at radius 1 is 1.46 bits per heavy atom. The molecule has 80 valence electrons. The van der Waals surface area contributed by atoms with Crippen molar-refractivity contribution in [1.82, 2.24) is 0 Å². The van der Waals surface area contributed by atoms with Crippen LogP contribution in [0.5, 0.6) is 0 Å². The fourth-order valence-corrected chi connectivity index (χ4v) is 1.12. The summed E-state index contributed by atoms with van der Waals surface area (Å²) >= 11 is 0. The first-order valence-corrected chi connectivity index (χ1v) is 4.68. The Bertz CT molecular complexity index is 115. The third-order valence-electron chi connectivity index (χ3n) is 2.13. The number of rotatable bonds is 8. The van der Waals surface area contributed by atoms with Gasteiger partial charge in [-0.3, -0.25) is 0 Å². The standard InChI is InChI=1S/C9H21NO3/c1-3-9(7-10,8-12-2)13-6-4-5-11/h11H,3-8,10H2,1-2H3. The lowest BCUT2D eigenvalue weighted by Crippen LogP contribution is -2.44. The summed E-state index contributed by atoms with van der Waals surface area (Å²) in [4.78, 5) is 0. The van der Waals surface area contributed by atoms with Gasteiger partial charge < -0.3 is 20.3 Å². The van der Waals surface area contributed by atoms with Gasteiger partial charge in [-0.25, -0.2) is 0 Å². The van der Waals surface area contributed by atoms with E-state index in [4.69, 9.17) is 20.3 Å². The summed E-state index contributed by atoms with van der Waals surface area (Å²) < 4.78 is 10.7. The number of methoxy groups -OCH3 is 1. The number of hydrogen-bond donors (Lipinski definition) is 2. The molecule has 3 N–H and O–H groups in total. The topological polar surface area (TPSA) is 64.7 Å². The second kappa shape index (κ2) is 7.26. The van der Waals surface area contributed by atoms with Crippen molar-refractivity contribution in [1.29, 1.82) is 0 Å². The third kappa shape index (κ3) is 4.57. The molecule has 0 rings (SSSR count). The van der Waals surface area contributed by atoms with Gasteiger partial charge in [0.1, 0.15) is 5.60 Å². The lowest BCUT2D eigenvalue weighted by atomic mass is 10.0. The zero-order chi connectivity index (χ0) is 10.2. The Morgan fingerprint density at radius 2 is 2.15 bits per heavy atom. The molecule has 0 amide bonds. The van der Waals surface area contributed by atoms with Crippen LogP contribution in [0.4, 0.5) is 0 Å². The first-order chi connectivity index (χ1) is 6.24. The molecule has 0 saturated carbocycles. The number of aliphatic hydroxyl groups excluding tert-OH is 1. The zero-order valence-electron chi connectivity index (χ0n) is 8.58. The van der Waals surface area contributed by atoms with E-state index in [9.17, 15) is 0 Å². The van der Waals surface area contributed by atoms with E-state index < -0.39 is 0 Å². The molecule has 0 aliphatic rings. The van der Waals surface area contributed by atoms with E-state index in [1.807, 2.05) is 6.92 Å². The van der Waals surface area contributed by atoms with E-state index in [0.717, 1.165) is 6.42 Å². The molecular weight excluding hydrogens is 170 g/mol. The largest absolute Gasteiger partial charge is 0.396 e. The maximum Gasteiger partial charge on any atom is 0.103 e. The zero-order valence-corrected chi connectivity index (χ0v) is 8.58. The van der Waals surface area contributed by atoms with Crippen molar-refractivity contribution >= 4 is 0 Å². The van der Waals surface area contributed by atoms with E-state index in [2.05, 4.69) is 0 Å². The average Bonchev–Trinajstić information content (AvgIpc) is 2.17. The smallest absolute Gasteiger partial charge is 0.103 e. The lowest BCUT2D eigenvalue weighted by molar-refractivity contribution is -0.0878. The van der Waals surface area contributed by atoms with Crippen molar-refractivity contribution in [2.45, 2.75) is 25.4 Å². The molecule has 4 nitrogen and oxygen atoms in total. The summed E-state index contributed by atoms with van der Waals surface area (Å²) in [6.45, 7) is 3.65. The van der Waals surface area contributed by atoms with Gasteiger partial charge in [0.05, 0.1) is 6.61 Å². The van der Waals surface area contributed by atoms with Crippen LogP contribution in [-0.2, 0) is 9.47 Å². The lowest BCUT2D eigenvalue weighted by Gasteiger charge is -2.30. The third-order valence-corrected chi connectivity index (χ3v) is 2.13. The van der Waals surface area contributed by atoms with Crippen molar-refractivity contribution in [3.8, 4) is 0 Å². The summed E-state index contributed by atoms with van der Waals surface area (Å²) in [7, 11) is 1.63. The molecule has 1 unspecified atom stereocenters. The maximum atomic E-state index is 8.60. The Balaban J connectivity index is 3.89. The highest BCUT2D eigenvalue weighted by atomic mass is 16.5. The Hall–Kier alpha value is -0.160. The highest BCUT2D eigenvalue weighted by Crippen LogP contribution is 2.15. The number of hydrogen-bond acceptors (Lipinski definition) is 4. The monoisotopic (exact) mass is 191 g/mol. The fourth-order valence-electron chi connectivity index (χ4n) is 1.12. The highest BCUT2D eigenvalue weighted by molar-refractivity contribution is 4.80. The van der Waals surface area contributed by atoms with Crippen molar-refractivity contribution in [2.75, 3.05) is 33.5 Å². The van der Waals surface area contributed by atoms with Crippen LogP contribution in [0.15, 0.2) is 0 Å². The quantitative estimate of drug-likeness (QED) is 0.536. The van der Waals surface area contributed by atoms with E-state index in [-0.39, 0.29) is 12.2 Å². The van der Waals surface area contributed by atoms with Gasteiger partial charge in [-0.15, -0.1) is 0 Å². The summed E-state index contributed by atoms with van der Waals surface area (Å²) in [5.74, 6) is 0. The highest BCUT2D eigenvalue weighted by Gasteiger charge is 2.26. The summed E-state index contributed by atoms with van der Waals surface area (Å²) in [5, 5.41) is 8.60. The normalized spacial score (nSPS) is 15.7. The molecule has 0 bridgehead atoms. The Kier molecular flexibility index (Phi) is 7.17. The Morgan fingerprint density at radius 3 is 2.54 bits per heavy atom. The molecule has 0 aromatic carbocycles. The van der Waals surface area contributed by atoms with Gasteiger partial charge >= 0.3 is 0 Å². The van der Waals surface area contributed by atoms with Crippen LogP contribution < -0.4 is 5.73 Å². The van der Waals surface area contributed by atoms with E-state index in [1.54, 1.807) is 7.11 Å². The molecule has 4 heteroatoms. The van der Waals surface area contributed by atoms with Crippen LogP contribution in [-0.4, -0.2) is 44.2 Å². The first-order valence-electron chi connectivity index (χ1n) is 4.68. The van der Waals surface area contributed by atoms with Crippen LogP contribution >= 0.6 is 0 Å². The molecule has 0 aliphatic carbocycles. The molecule has 0 fully saturated rings. The minimum absolute atomic E-state index is 0.150. The molecule has 0 aromatic heterocycles. The van der Waals surface area contributed by atoms with E-state index in [1.165, 1.54) is 0 Å². The van der Waals surface area contributed by atoms with Gasteiger partial charge in [0, 0.05) is 26.9 Å². The minimum atomic E-state index is -0.371. The summed E-state index contributed by atoms with van der Waals surface area (Å²) in [6, 6.07) is 0. The van der Waals surface area contributed by atoms with Crippen LogP contribution in [0, 0.1) is 0 Å². The van der Waals surface area contributed by atoms with E-state index >= 15 is 0 Å².